The van der Waals surface area contributed by atoms with Gasteiger partial charge in [0.25, 0.3) is 0 Å². The van der Waals surface area contributed by atoms with Crippen molar-refractivity contribution >= 4 is 17.2 Å². The van der Waals surface area contributed by atoms with E-state index >= 15 is 0 Å². The Morgan fingerprint density at radius 1 is 1.12 bits per heavy atom. The third kappa shape index (κ3) is 7.92. The molecule has 0 saturated heterocycles. The van der Waals surface area contributed by atoms with E-state index in [1.54, 1.807) is 18.3 Å². The number of benzene rings is 1. The molecule has 1 heterocycles. The van der Waals surface area contributed by atoms with Crippen LogP contribution in [0, 0.1) is 12.8 Å². The van der Waals surface area contributed by atoms with Crippen LogP contribution in [-0.4, -0.2) is 9.97 Å². The number of aromatic nitrogens is 2. The molecule has 1 aromatic heterocycles. The van der Waals surface area contributed by atoms with Gasteiger partial charge in [0, 0.05) is 12.3 Å². The minimum absolute atomic E-state index is 0.612. The molecule has 134 valence electrons. The van der Waals surface area contributed by atoms with Gasteiger partial charge in [0.05, 0.1) is 11.4 Å². The zero-order valence-corrected chi connectivity index (χ0v) is 16.0. The highest BCUT2D eigenvalue weighted by molar-refractivity contribution is 5.71. The number of nitrogen functional groups attached to an aromatic ring is 1. The fourth-order valence-corrected chi connectivity index (χ4v) is 1.99. The number of anilines is 3. The zero-order chi connectivity index (χ0) is 18.5. The molecular formula is C19H33N5. The Bertz CT molecular complexity index is 569. The van der Waals surface area contributed by atoms with Gasteiger partial charge in [0.2, 0.25) is 0 Å². The van der Waals surface area contributed by atoms with Gasteiger partial charge in [-0.15, -0.1) is 0 Å². The Balaban J connectivity index is 0.000000563. The number of nitrogens with zero attached hydrogens (tertiary/aromatic N) is 3. The Kier molecular flexibility index (Phi) is 11.2. The van der Waals surface area contributed by atoms with Crippen LogP contribution < -0.4 is 16.6 Å². The van der Waals surface area contributed by atoms with Crippen LogP contribution in [0.25, 0.3) is 0 Å². The molecule has 2 aromatic rings. The molecule has 0 aliphatic carbocycles. The first kappa shape index (κ1) is 21.9. The predicted octanol–water partition coefficient (Wildman–Crippen LogP) is 4.85. The monoisotopic (exact) mass is 331 g/mol. The number of hydrogen-bond acceptors (Lipinski definition) is 5. The lowest BCUT2D eigenvalue weighted by Gasteiger charge is -2.19. The molecule has 0 atom stereocenters. The molecule has 0 amide bonds. The van der Waals surface area contributed by atoms with Crippen LogP contribution in [0.3, 0.4) is 0 Å². The summed E-state index contributed by atoms with van der Waals surface area (Å²) in [5.74, 6) is 8.13. The lowest BCUT2D eigenvalue weighted by molar-refractivity contribution is 0.576. The maximum absolute atomic E-state index is 5.95. The van der Waals surface area contributed by atoms with E-state index in [4.69, 9.17) is 11.6 Å². The maximum Gasteiger partial charge on any atom is 0.151 e. The molecule has 1 aromatic carbocycles. The maximum atomic E-state index is 5.95. The average Bonchev–Trinajstić information content (AvgIpc) is 2.57. The molecule has 0 unspecified atom stereocenters. The van der Waals surface area contributed by atoms with Gasteiger partial charge in [0.1, 0.15) is 5.82 Å². The second-order valence-electron chi connectivity index (χ2n) is 5.57. The Labute approximate surface area is 147 Å². The van der Waals surface area contributed by atoms with Gasteiger partial charge in [-0.1, -0.05) is 59.6 Å². The first-order valence-electron chi connectivity index (χ1n) is 8.64. The van der Waals surface area contributed by atoms with Gasteiger partial charge in [-0.25, -0.2) is 15.8 Å². The molecule has 0 aliphatic rings. The van der Waals surface area contributed by atoms with Crippen molar-refractivity contribution in [1.29, 1.82) is 0 Å². The summed E-state index contributed by atoms with van der Waals surface area (Å²) in [5, 5.41) is 1.45. The summed E-state index contributed by atoms with van der Waals surface area (Å²) in [6.07, 6.45) is 4.37. The molecule has 2 rings (SSSR count). The molecule has 4 N–H and O–H groups in total. The predicted molar refractivity (Wildman–Crippen MR) is 105 cm³/mol. The van der Waals surface area contributed by atoms with Gasteiger partial charge in [-0.05, 0) is 25.0 Å². The van der Waals surface area contributed by atoms with Crippen LogP contribution >= 0.6 is 0 Å². The van der Waals surface area contributed by atoms with Crippen molar-refractivity contribution in [3.63, 3.8) is 0 Å². The fraction of sp³-hybridized carbons (Fsp3) is 0.474. The molecule has 0 saturated carbocycles. The fourth-order valence-electron chi connectivity index (χ4n) is 1.99. The summed E-state index contributed by atoms with van der Waals surface area (Å²) in [5.41, 5.74) is 7.17. The van der Waals surface area contributed by atoms with Crippen molar-refractivity contribution in [2.75, 3.05) is 10.7 Å². The van der Waals surface area contributed by atoms with Crippen LogP contribution in [0.15, 0.2) is 36.5 Å². The average molecular weight is 332 g/mol. The third-order valence-electron chi connectivity index (χ3n) is 3.07. The Morgan fingerprint density at radius 2 is 1.75 bits per heavy atom. The van der Waals surface area contributed by atoms with Crippen LogP contribution in [0.5, 0.6) is 0 Å². The largest absolute Gasteiger partial charge is 0.397 e. The Morgan fingerprint density at radius 3 is 2.21 bits per heavy atom. The normalized spacial score (nSPS) is 9.50. The molecule has 0 bridgehead atoms. The van der Waals surface area contributed by atoms with Crippen molar-refractivity contribution in [3.8, 4) is 0 Å². The smallest absolute Gasteiger partial charge is 0.151 e. The van der Waals surface area contributed by atoms with Crippen molar-refractivity contribution in [2.24, 2.45) is 11.8 Å². The van der Waals surface area contributed by atoms with Crippen molar-refractivity contribution < 1.29 is 0 Å². The van der Waals surface area contributed by atoms with Crippen molar-refractivity contribution in [1.82, 2.24) is 9.97 Å². The van der Waals surface area contributed by atoms with E-state index in [1.165, 1.54) is 17.9 Å². The van der Waals surface area contributed by atoms with Crippen LogP contribution in [-0.2, 0) is 0 Å². The van der Waals surface area contributed by atoms with Crippen molar-refractivity contribution in [2.45, 2.75) is 54.4 Å². The number of para-hydroxylation sites is 2. The molecule has 24 heavy (non-hydrogen) atoms. The molecule has 0 spiro atoms. The van der Waals surface area contributed by atoms with Gasteiger partial charge < -0.3 is 5.73 Å². The van der Waals surface area contributed by atoms with Crippen LogP contribution in [0.1, 0.15) is 53.3 Å². The highest BCUT2D eigenvalue weighted by atomic mass is 15.4. The lowest BCUT2D eigenvalue weighted by Crippen LogP contribution is -2.27. The van der Waals surface area contributed by atoms with E-state index in [9.17, 15) is 0 Å². The number of aryl methyl sites for hydroxylation is 1. The highest BCUT2D eigenvalue weighted by Crippen LogP contribution is 2.25. The minimum Gasteiger partial charge on any atom is -0.397 e. The summed E-state index contributed by atoms with van der Waals surface area (Å²) in [6, 6.07) is 9.10. The summed E-state index contributed by atoms with van der Waals surface area (Å²) >= 11 is 0. The quantitative estimate of drug-likeness (QED) is 0.475. The van der Waals surface area contributed by atoms with E-state index in [2.05, 4.69) is 30.7 Å². The summed E-state index contributed by atoms with van der Waals surface area (Å²) in [7, 11) is 0. The number of rotatable bonds is 4. The van der Waals surface area contributed by atoms with E-state index in [1.807, 2.05) is 39.0 Å². The third-order valence-corrected chi connectivity index (χ3v) is 3.07. The summed E-state index contributed by atoms with van der Waals surface area (Å²) in [6.45, 7) is 12.5. The molecule has 0 radical (unpaired) electrons. The summed E-state index contributed by atoms with van der Waals surface area (Å²) < 4.78 is 0. The van der Waals surface area contributed by atoms with E-state index in [-0.39, 0.29) is 0 Å². The van der Waals surface area contributed by atoms with Crippen molar-refractivity contribution in [3.05, 3.63) is 42.4 Å². The van der Waals surface area contributed by atoms with E-state index in [0.717, 1.165) is 11.6 Å². The van der Waals surface area contributed by atoms with Gasteiger partial charge in [-0.2, -0.15) is 0 Å². The molecular weight excluding hydrogens is 298 g/mol. The molecule has 0 fully saturated rings. The number of hydrogen-bond donors (Lipinski definition) is 2. The first-order chi connectivity index (χ1) is 11.5. The van der Waals surface area contributed by atoms with Gasteiger partial charge >= 0.3 is 0 Å². The van der Waals surface area contributed by atoms with Crippen LogP contribution in [0.4, 0.5) is 17.2 Å². The van der Waals surface area contributed by atoms with E-state index < -0.39 is 0 Å². The second-order valence-corrected chi connectivity index (χ2v) is 5.57. The topological polar surface area (TPSA) is 81.1 Å². The molecule has 5 nitrogen and oxygen atoms in total. The second kappa shape index (κ2) is 12.3. The molecule has 0 aliphatic heterocycles. The van der Waals surface area contributed by atoms with Crippen LogP contribution in [0.2, 0.25) is 0 Å². The molecule has 5 heteroatoms. The summed E-state index contributed by atoms with van der Waals surface area (Å²) in [4.78, 5) is 8.24. The standard InChI is InChI=1S/C11H13N5.C6H14.C2H6/c1-8-14-7-6-11(15-8)16(13)10-5-3-2-4-9(10)12;1-4-5-6(2)3;1-2/h2-7H,12-13H2,1H3;6H,4-5H2,1-3H3;1-2H3. The zero-order valence-electron chi connectivity index (χ0n) is 16.0. The van der Waals surface area contributed by atoms with Gasteiger partial charge in [-0.3, -0.25) is 5.01 Å². The lowest BCUT2D eigenvalue weighted by atomic mass is 10.1. The van der Waals surface area contributed by atoms with E-state index in [0.29, 0.717) is 17.3 Å². The number of nitrogens with two attached hydrogens (primary N) is 2. The SMILES string of the molecule is CC.CCCC(C)C.Cc1nccc(N(N)c2ccccc2N)n1. The first-order valence-corrected chi connectivity index (χ1v) is 8.64. The number of hydrazine groups is 1. The highest BCUT2D eigenvalue weighted by Gasteiger charge is 2.08. The van der Waals surface area contributed by atoms with Gasteiger partial charge in [0.15, 0.2) is 5.82 Å². The Hall–Kier alpha value is -2.14. The minimum atomic E-state index is 0.612.